The highest BCUT2D eigenvalue weighted by atomic mass is 16.5. The van der Waals surface area contributed by atoms with Crippen molar-refractivity contribution in [3.63, 3.8) is 0 Å². The summed E-state index contributed by atoms with van der Waals surface area (Å²) in [6.07, 6.45) is 0.829. The molecule has 0 spiro atoms. The van der Waals surface area contributed by atoms with Crippen molar-refractivity contribution in [2.75, 3.05) is 6.61 Å². The van der Waals surface area contributed by atoms with E-state index in [4.69, 9.17) is 4.74 Å². The van der Waals surface area contributed by atoms with Crippen LogP contribution in [0, 0.1) is 5.41 Å². The molecule has 5 nitrogen and oxygen atoms in total. The highest BCUT2D eigenvalue weighted by molar-refractivity contribution is 5.81. The molecule has 0 radical (unpaired) electrons. The highest BCUT2D eigenvalue weighted by Crippen LogP contribution is 2.44. The Morgan fingerprint density at radius 3 is 2.11 bits per heavy atom. The van der Waals surface area contributed by atoms with Crippen molar-refractivity contribution < 1.29 is 19.4 Å². The number of carbonyl (C=O) groups is 2. The lowest BCUT2D eigenvalue weighted by Gasteiger charge is -2.31. The molecule has 0 saturated carbocycles. The summed E-state index contributed by atoms with van der Waals surface area (Å²) in [6, 6.07) is 15.2. The van der Waals surface area contributed by atoms with Crippen LogP contribution in [0.15, 0.2) is 48.5 Å². The maximum absolute atomic E-state index is 12.4. The van der Waals surface area contributed by atoms with E-state index >= 15 is 0 Å². The zero-order valence-corrected chi connectivity index (χ0v) is 16.6. The lowest BCUT2D eigenvalue weighted by atomic mass is 9.80. The summed E-state index contributed by atoms with van der Waals surface area (Å²) in [4.78, 5) is 24.1. The number of carboxylic acid groups (broad SMARTS) is 1. The molecular formula is C23H27NO4. The first-order valence-electron chi connectivity index (χ1n) is 9.69. The number of aliphatic carboxylic acids is 1. The first kappa shape index (κ1) is 19.9. The number of carbonyl (C=O) groups excluding carboxylic acids is 1. The zero-order chi connectivity index (χ0) is 20.3. The van der Waals surface area contributed by atoms with Crippen LogP contribution >= 0.6 is 0 Å². The standard InChI is InChI=1S/C23H27NO4/c1-4-13-23(2,3)20(21(25)26)24-22(27)28-14-19-17-11-7-5-9-15(17)16-10-6-8-12-18(16)19/h5-12,19-20H,4,13-14H2,1-3H3,(H,24,27)(H,25,26)/t20-/m0/s1. The summed E-state index contributed by atoms with van der Waals surface area (Å²) in [5, 5.41) is 12.1. The Morgan fingerprint density at radius 1 is 1.07 bits per heavy atom. The maximum Gasteiger partial charge on any atom is 0.407 e. The second-order valence-electron chi connectivity index (χ2n) is 7.98. The molecule has 0 fully saturated rings. The lowest BCUT2D eigenvalue weighted by Crippen LogP contribution is -2.50. The summed E-state index contributed by atoms with van der Waals surface area (Å²) in [5.41, 5.74) is 3.99. The van der Waals surface area contributed by atoms with Crippen molar-refractivity contribution in [1.29, 1.82) is 0 Å². The maximum atomic E-state index is 12.4. The van der Waals surface area contributed by atoms with Crippen molar-refractivity contribution in [3.05, 3.63) is 59.7 Å². The van der Waals surface area contributed by atoms with E-state index in [1.807, 2.05) is 57.2 Å². The van der Waals surface area contributed by atoms with Crippen molar-refractivity contribution >= 4 is 12.1 Å². The van der Waals surface area contributed by atoms with Crippen LogP contribution in [0.2, 0.25) is 0 Å². The minimum absolute atomic E-state index is 0.0509. The Hall–Kier alpha value is -2.82. The van der Waals surface area contributed by atoms with Gasteiger partial charge in [-0.3, -0.25) is 0 Å². The lowest BCUT2D eigenvalue weighted by molar-refractivity contribution is -0.142. The molecule has 0 bridgehead atoms. The first-order chi connectivity index (χ1) is 13.3. The number of amides is 1. The molecule has 2 N–H and O–H groups in total. The van der Waals surface area contributed by atoms with Crippen molar-refractivity contribution in [3.8, 4) is 11.1 Å². The number of nitrogens with one attached hydrogen (secondary N) is 1. The molecule has 0 aliphatic heterocycles. The molecule has 1 aliphatic carbocycles. The average molecular weight is 381 g/mol. The minimum atomic E-state index is -1.05. The van der Waals surface area contributed by atoms with Crippen molar-refractivity contribution in [2.24, 2.45) is 5.41 Å². The van der Waals surface area contributed by atoms with Crippen LogP contribution in [0.3, 0.4) is 0 Å². The summed E-state index contributed by atoms with van der Waals surface area (Å²) in [7, 11) is 0. The van der Waals surface area contributed by atoms with Gasteiger partial charge in [0.05, 0.1) is 0 Å². The number of carboxylic acids is 1. The van der Waals surface area contributed by atoms with Gasteiger partial charge in [0.25, 0.3) is 0 Å². The molecule has 1 atom stereocenters. The van der Waals surface area contributed by atoms with E-state index in [9.17, 15) is 14.7 Å². The number of benzene rings is 2. The van der Waals surface area contributed by atoms with E-state index in [1.54, 1.807) is 0 Å². The van der Waals surface area contributed by atoms with Gasteiger partial charge in [0, 0.05) is 5.92 Å². The monoisotopic (exact) mass is 381 g/mol. The zero-order valence-electron chi connectivity index (χ0n) is 16.6. The smallest absolute Gasteiger partial charge is 0.407 e. The van der Waals surface area contributed by atoms with Crippen LogP contribution < -0.4 is 5.32 Å². The van der Waals surface area contributed by atoms with Gasteiger partial charge in [0.1, 0.15) is 12.6 Å². The van der Waals surface area contributed by atoms with Crippen molar-refractivity contribution in [2.45, 2.75) is 45.6 Å². The molecule has 2 aromatic rings. The molecular weight excluding hydrogens is 354 g/mol. The largest absolute Gasteiger partial charge is 0.480 e. The third-order valence-corrected chi connectivity index (χ3v) is 5.53. The predicted molar refractivity (Wildman–Crippen MR) is 108 cm³/mol. The van der Waals surface area contributed by atoms with Crippen LogP contribution in [0.4, 0.5) is 4.79 Å². The van der Waals surface area contributed by atoms with Gasteiger partial charge in [0.2, 0.25) is 0 Å². The average Bonchev–Trinajstić information content (AvgIpc) is 2.98. The van der Waals surface area contributed by atoms with Crippen LogP contribution in [0.5, 0.6) is 0 Å². The van der Waals surface area contributed by atoms with E-state index < -0.39 is 23.5 Å². The van der Waals surface area contributed by atoms with Gasteiger partial charge < -0.3 is 15.2 Å². The molecule has 3 rings (SSSR count). The molecule has 0 saturated heterocycles. The van der Waals surface area contributed by atoms with Crippen LogP contribution in [0.1, 0.15) is 50.7 Å². The van der Waals surface area contributed by atoms with Gasteiger partial charge in [-0.05, 0) is 34.1 Å². The van der Waals surface area contributed by atoms with Gasteiger partial charge in [-0.15, -0.1) is 0 Å². The number of alkyl carbamates (subject to hydrolysis) is 1. The Kier molecular flexibility index (Phi) is 5.73. The molecule has 0 unspecified atom stereocenters. The Labute approximate surface area is 165 Å². The second-order valence-corrected chi connectivity index (χ2v) is 7.98. The molecule has 2 aromatic carbocycles. The molecule has 0 aromatic heterocycles. The fourth-order valence-corrected chi connectivity index (χ4v) is 4.14. The van der Waals surface area contributed by atoms with E-state index in [0.717, 1.165) is 28.7 Å². The molecule has 148 valence electrons. The number of rotatable bonds is 7. The summed E-state index contributed by atoms with van der Waals surface area (Å²) in [6.45, 7) is 5.85. The molecule has 5 heteroatoms. The first-order valence-corrected chi connectivity index (χ1v) is 9.69. The summed E-state index contributed by atoms with van der Waals surface area (Å²) < 4.78 is 5.48. The molecule has 1 amide bonds. The summed E-state index contributed by atoms with van der Waals surface area (Å²) >= 11 is 0. The number of hydrogen-bond donors (Lipinski definition) is 2. The van der Waals surface area contributed by atoms with Gasteiger partial charge in [-0.1, -0.05) is 75.7 Å². The topological polar surface area (TPSA) is 75.6 Å². The SMILES string of the molecule is CCCC(C)(C)[C@@H](NC(=O)OCC1c2ccccc2-c2ccccc21)C(=O)O. The van der Waals surface area contributed by atoms with E-state index in [1.165, 1.54) is 0 Å². The van der Waals surface area contributed by atoms with Crippen LogP contribution in [-0.2, 0) is 9.53 Å². The number of hydrogen-bond acceptors (Lipinski definition) is 3. The van der Waals surface area contributed by atoms with E-state index in [-0.39, 0.29) is 12.5 Å². The normalized spacial score (nSPS) is 14.1. The Balaban J connectivity index is 1.72. The summed E-state index contributed by atoms with van der Waals surface area (Å²) in [5.74, 6) is -1.10. The second kappa shape index (κ2) is 8.05. The van der Waals surface area contributed by atoms with Crippen LogP contribution in [0.25, 0.3) is 11.1 Å². The minimum Gasteiger partial charge on any atom is -0.480 e. The Bertz CT molecular complexity index is 829. The molecule has 28 heavy (non-hydrogen) atoms. The van der Waals surface area contributed by atoms with Crippen molar-refractivity contribution in [1.82, 2.24) is 5.32 Å². The third-order valence-electron chi connectivity index (χ3n) is 5.53. The fraction of sp³-hybridized carbons (Fsp3) is 0.391. The van der Waals surface area contributed by atoms with Gasteiger partial charge >= 0.3 is 12.1 Å². The predicted octanol–water partition coefficient (Wildman–Crippen LogP) is 4.80. The van der Waals surface area contributed by atoms with E-state index in [0.29, 0.717) is 6.42 Å². The van der Waals surface area contributed by atoms with Gasteiger partial charge in [-0.25, -0.2) is 9.59 Å². The van der Waals surface area contributed by atoms with Crippen LogP contribution in [-0.4, -0.2) is 29.8 Å². The fourth-order valence-electron chi connectivity index (χ4n) is 4.14. The third kappa shape index (κ3) is 3.88. The van der Waals surface area contributed by atoms with Gasteiger partial charge in [0.15, 0.2) is 0 Å². The molecule has 0 heterocycles. The molecule has 1 aliphatic rings. The Morgan fingerprint density at radius 2 is 1.61 bits per heavy atom. The number of ether oxygens (including phenoxy) is 1. The van der Waals surface area contributed by atoms with Gasteiger partial charge in [-0.2, -0.15) is 0 Å². The number of fused-ring (bicyclic) bond motifs is 3. The quantitative estimate of drug-likeness (QED) is 0.722. The van der Waals surface area contributed by atoms with E-state index in [2.05, 4.69) is 17.4 Å². The highest BCUT2D eigenvalue weighted by Gasteiger charge is 2.36.